The summed E-state index contributed by atoms with van der Waals surface area (Å²) >= 11 is 0. The number of fused-ring (bicyclic) bond motifs is 1. The van der Waals surface area contributed by atoms with E-state index >= 15 is 0 Å². The Kier molecular flexibility index (Phi) is 5.39. The number of aromatic nitrogens is 2. The maximum atomic E-state index is 13.7. The van der Waals surface area contributed by atoms with Gasteiger partial charge in [-0.05, 0) is 49.1 Å². The number of rotatable bonds is 3. The van der Waals surface area contributed by atoms with Gasteiger partial charge in [-0.15, -0.1) is 0 Å². The third kappa shape index (κ3) is 4.10. The molecular weight excluding hydrogens is 430 g/mol. The molecule has 7 nitrogen and oxygen atoms in total. The van der Waals surface area contributed by atoms with Gasteiger partial charge in [0.1, 0.15) is 11.6 Å². The van der Waals surface area contributed by atoms with Crippen molar-refractivity contribution in [2.45, 2.75) is 25.7 Å². The molecule has 2 aliphatic rings. The predicted molar refractivity (Wildman–Crippen MR) is 115 cm³/mol. The number of halogens is 2. The number of furan rings is 1. The Labute approximate surface area is 189 Å². The highest BCUT2D eigenvalue weighted by Crippen LogP contribution is 2.34. The number of aryl methyl sites for hydroxylation is 1. The molecule has 9 heteroatoms. The van der Waals surface area contributed by atoms with Gasteiger partial charge in [0.05, 0.1) is 23.2 Å². The molecule has 0 radical (unpaired) electrons. The second kappa shape index (κ2) is 8.38. The number of benzene rings is 1. The van der Waals surface area contributed by atoms with Crippen molar-refractivity contribution in [1.29, 1.82) is 0 Å². The van der Waals surface area contributed by atoms with Gasteiger partial charge in [0, 0.05) is 38.7 Å². The topological polar surface area (TPSA) is 79.5 Å². The third-order valence-electron chi connectivity index (χ3n) is 6.24. The molecule has 0 saturated carbocycles. The van der Waals surface area contributed by atoms with Crippen molar-refractivity contribution < 1.29 is 22.8 Å². The summed E-state index contributed by atoms with van der Waals surface area (Å²) in [4.78, 5) is 38.3. The number of Topliss-reactive ketones (excluding diaryl/α,β-unsaturated/α-hetero) is 1. The summed E-state index contributed by atoms with van der Waals surface area (Å²) in [5.41, 5.74) is 2.14. The fourth-order valence-corrected chi connectivity index (χ4v) is 4.61. The fourth-order valence-electron chi connectivity index (χ4n) is 4.61. The van der Waals surface area contributed by atoms with Crippen LogP contribution >= 0.6 is 0 Å². The van der Waals surface area contributed by atoms with Gasteiger partial charge in [0.15, 0.2) is 11.5 Å². The fraction of sp³-hybridized carbons (Fsp3) is 0.333. The number of hydrogen-bond donors (Lipinski definition) is 0. The zero-order valence-electron chi connectivity index (χ0n) is 18.1. The van der Waals surface area contributed by atoms with Gasteiger partial charge in [-0.1, -0.05) is 0 Å². The van der Waals surface area contributed by atoms with Gasteiger partial charge in [0.25, 0.3) is 5.91 Å². The quantitative estimate of drug-likeness (QED) is 0.605. The zero-order valence-corrected chi connectivity index (χ0v) is 18.1. The summed E-state index contributed by atoms with van der Waals surface area (Å²) in [6.07, 6.45) is 2.03. The summed E-state index contributed by atoms with van der Waals surface area (Å²) in [5.74, 6) is -1.14. The number of ketones is 1. The van der Waals surface area contributed by atoms with Crippen molar-refractivity contribution in [1.82, 2.24) is 14.9 Å². The van der Waals surface area contributed by atoms with E-state index in [1.807, 2.05) is 4.90 Å². The molecule has 1 atom stereocenters. The molecule has 1 unspecified atom stereocenters. The van der Waals surface area contributed by atoms with Crippen LogP contribution in [-0.4, -0.2) is 52.7 Å². The number of carbonyl (C=O) groups excluding carboxylic acids is 2. The van der Waals surface area contributed by atoms with E-state index in [4.69, 9.17) is 4.42 Å². The molecule has 3 heterocycles. The van der Waals surface area contributed by atoms with Gasteiger partial charge >= 0.3 is 0 Å². The van der Waals surface area contributed by atoms with Crippen LogP contribution in [0, 0.1) is 18.6 Å². The number of piperazine rings is 1. The highest BCUT2D eigenvalue weighted by Gasteiger charge is 2.32. The number of nitrogens with zero attached hydrogens (tertiary/aromatic N) is 4. The van der Waals surface area contributed by atoms with E-state index < -0.39 is 11.6 Å². The van der Waals surface area contributed by atoms with Crippen LogP contribution in [0.5, 0.6) is 0 Å². The predicted octanol–water partition coefficient (Wildman–Crippen LogP) is 3.53. The van der Waals surface area contributed by atoms with Gasteiger partial charge in [0.2, 0.25) is 5.95 Å². The lowest BCUT2D eigenvalue weighted by atomic mass is 9.81. The number of hydrogen-bond acceptors (Lipinski definition) is 6. The van der Waals surface area contributed by atoms with Crippen LogP contribution in [0.2, 0.25) is 0 Å². The van der Waals surface area contributed by atoms with Crippen LogP contribution in [0.15, 0.2) is 41.0 Å². The van der Waals surface area contributed by atoms with Crippen LogP contribution in [-0.2, 0) is 6.42 Å². The first kappa shape index (κ1) is 21.2. The molecule has 2 aromatic heterocycles. The Balaban J connectivity index is 1.36. The van der Waals surface area contributed by atoms with Gasteiger partial charge in [-0.3, -0.25) is 9.59 Å². The average molecular weight is 452 g/mol. The van der Waals surface area contributed by atoms with Crippen LogP contribution in [0.1, 0.15) is 50.2 Å². The maximum Gasteiger partial charge on any atom is 0.289 e. The second-order valence-corrected chi connectivity index (χ2v) is 8.42. The zero-order chi connectivity index (χ0) is 23.1. The summed E-state index contributed by atoms with van der Waals surface area (Å²) in [5, 5.41) is 0. The number of anilines is 1. The molecule has 0 spiro atoms. The first-order valence-electron chi connectivity index (χ1n) is 10.8. The Morgan fingerprint density at radius 3 is 2.45 bits per heavy atom. The first-order chi connectivity index (χ1) is 15.9. The smallest absolute Gasteiger partial charge is 0.289 e. The van der Waals surface area contributed by atoms with Crippen molar-refractivity contribution >= 4 is 17.6 Å². The molecule has 1 aliphatic heterocycles. The SMILES string of the molecule is Cc1nc(N2CCN(C(=O)c3ccco3)CC2)nc2c1C(=O)CC(c1cc(F)cc(F)c1)C2. The van der Waals surface area contributed by atoms with Crippen molar-refractivity contribution in [2.75, 3.05) is 31.1 Å². The summed E-state index contributed by atoms with van der Waals surface area (Å²) in [6.45, 7) is 3.83. The van der Waals surface area contributed by atoms with Gasteiger partial charge < -0.3 is 14.2 Å². The van der Waals surface area contributed by atoms with Crippen LogP contribution in [0.4, 0.5) is 14.7 Å². The van der Waals surface area contributed by atoms with E-state index in [1.165, 1.54) is 18.4 Å². The minimum Gasteiger partial charge on any atom is -0.459 e. The summed E-state index contributed by atoms with van der Waals surface area (Å²) in [7, 11) is 0. The molecule has 5 rings (SSSR count). The third-order valence-corrected chi connectivity index (χ3v) is 6.24. The van der Waals surface area contributed by atoms with E-state index in [0.717, 1.165) is 6.07 Å². The monoisotopic (exact) mass is 452 g/mol. The number of amides is 1. The van der Waals surface area contributed by atoms with Crippen molar-refractivity contribution in [3.63, 3.8) is 0 Å². The lowest BCUT2D eigenvalue weighted by Crippen LogP contribution is -2.49. The Hall–Kier alpha value is -3.62. The highest BCUT2D eigenvalue weighted by molar-refractivity contribution is 5.99. The molecule has 33 heavy (non-hydrogen) atoms. The molecule has 1 aliphatic carbocycles. The molecule has 0 N–H and O–H groups in total. The summed E-state index contributed by atoms with van der Waals surface area (Å²) in [6, 6.07) is 6.69. The molecule has 1 saturated heterocycles. The van der Waals surface area contributed by atoms with Gasteiger partial charge in [-0.25, -0.2) is 18.7 Å². The normalized spacial score (nSPS) is 18.4. The van der Waals surface area contributed by atoms with E-state index in [1.54, 1.807) is 24.0 Å². The van der Waals surface area contributed by atoms with Crippen molar-refractivity contribution in [2.24, 2.45) is 0 Å². The lowest BCUT2D eigenvalue weighted by Gasteiger charge is -2.35. The van der Waals surface area contributed by atoms with E-state index in [2.05, 4.69) is 9.97 Å². The largest absolute Gasteiger partial charge is 0.459 e. The Morgan fingerprint density at radius 1 is 1.06 bits per heavy atom. The lowest BCUT2D eigenvalue weighted by molar-refractivity contribution is 0.0713. The van der Waals surface area contributed by atoms with Crippen LogP contribution in [0.3, 0.4) is 0 Å². The first-order valence-corrected chi connectivity index (χ1v) is 10.8. The molecule has 3 aromatic rings. The molecule has 0 bridgehead atoms. The molecule has 1 aromatic carbocycles. The highest BCUT2D eigenvalue weighted by atomic mass is 19.1. The molecular formula is C24H22F2N4O3. The van der Waals surface area contributed by atoms with E-state index in [0.29, 0.717) is 66.8 Å². The molecule has 170 valence electrons. The van der Waals surface area contributed by atoms with Gasteiger partial charge in [-0.2, -0.15) is 0 Å². The number of carbonyl (C=O) groups is 2. The Bertz CT molecular complexity index is 1200. The second-order valence-electron chi connectivity index (χ2n) is 8.42. The maximum absolute atomic E-state index is 13.7. The van der Waals surface area contributed by atoms with Crippen molar-refractivity contribution in [3.8, 4) is 0 Å². The van der Waals surface area contributed by atoms with Crippen molar-refractivity contribution in [3.05, 3.63) is 76.5 Å². The molecule has 1 amide bonds. The molecule has 1 fully saturated rings. The van der Waals surface area contributed by atoms with Crippen LogP contribution in [0.25, 0.3) is 0 Å². The average Bonchev–Trinajstić information content (AvgIpc) is 3.32. The van der Waals surface area contributed by atoms with E-state index in [-0.39, 0.29) is 24.0 Å². The minimum absolute atomic E-state index is 0.121. The van der Waals surface area contributed by atoms with E-state index in [9.17, 15) is 18.4 Å². The minimum atomic E-state index is -0.662. The Morgan fingerprint density at radius 2 is 1.79 bits per heavy atom. The standard InChI is InChI=1S/C24H22F2N4O3/c1-14-22-19(11-16(12-20(22)31)15-9-17(25)13-18(26)10-15)28-24(27-14)30-6-4-29(5-7-30)23(32)21-3-2-8-33-21/h2-3,8-10,13,16H,4-7,11-12H2,1H3. The van der Waals surface area contributed by atoms with Crippen LogP contribution < -0.4 is 4.90 Å². The summed E-state index contributed by atoms with van der Waals surface area (Å²) < 4.78 is 32.7.